The topological polar surface area (TPSA) is 79.8 Å². The highest BCUT2D eigenvalue weighted by molar-refractivity contribution is 6.30. The number of carbonyl (C=O) groups excluding carboxylic acids is 2. The lowest BCUT2D eigenvalue weighted by Crippen LogP contribution is -2.35. The monoisotopic (exact) mass is 359 g/mol. The first kappa shape index (κ1) is 18.5. The van der Waals surface area contributed by atoms with Crippen molar-refractivity contribution in [1.82, 2.24) is 10.7 Å². The summed E-state index contributed by atoms with van der Waals surface area (Å²) in [7, 11) is 1.58. The van der Waals surface area contributed by atoms with Gasteiger partial charge in [0.2, 0.25) is 5.91 Å². The van der Waals surface area contributed by atoms with E-state index in [4.69, 9.17) is 16.3 Å². The van der Waals surface area contributed by atoms with E-state index in [1.165, 1.54) is 6.21 Å². The molecule has 0 heterocycles. The number of halogens is 1. The van der Waals surface area contributed by atoms with Crippen molar-refractivity contribution in [3.63, 3.8) is 0 Å². The molecule has 0 unspecified atom stereocenters. The largest absolute Gasteiger partial charge is 0.497 e. The van der Waals surface area contributed by atoms with Crippen LogP contribution in [-0.2, 0) is 16.0 Å². The maximum absolute atomic E-state index is 11.8. The van der Waals surface area contributed by atoms with E-state index in [2.05, 4.69) is 15.8 Å². The quantitative estimate of drug-likeness (QED) is 0.587. The van der Waals surface area contributed by atoms with Crippen molar-refractivity contribution in [3.8, 4) is 5.75 Å². The average Bonchev–Trinajstić information content (AvgIpc) is 2.62. The van der Waals surface area contributed by atoms with Crippen molar-refractivity contribution in [3.05, 3.63) is 64.7 Å². The Morgan fingerprint density at radius 2 is 1.76 bits per heavy atom. The lowest BCUT2D eigenvalue weighted by molar-refractivity contribution is -0.125. The highest BCUT2D eigenvalue weighted by Crippen LogP contribution is 2.11. The van der Waals surface area contributed by atoms with Gasteiger partial charge < -0.3 is 10.1 Å². The van der Waals surface area contributed by atoms with Crippen molar-refractivity contribution >= 4 is 29.6 Å². The van der Waals surface area contributed by atoms with E-state index >= 15 is 0 Å². The summed E-state index contributed by atoms with van der Waals surface area (Å²) in [6.45, 7) is -0.146. The molecule has 0 saturated carbocycles. The van der Waals surface area contributed by atoms with E-state index in [0.717, 1.165) is 16.9 Å². The fourth-order valence-electron chi connectivity index (χ4n) is 1.94. The summed E-state index contributed by atoms with van der Waals surface area (Å²) in [5.41, 5.74) is 3.98. The number of hydrogen-bond acceptors (Lipinski definition) is 4. The Morgan fingerprint density at radius 1 is 1.08 bits per heavy atom. The van der Waals surface area contributed by atoms with Gasteiger partial charge in [0.25, 0.3) is 5.91 Å². The predicted molar refractivity (Wildman–Crippen MR) is 96.9 cm³/mol. The van der Waals surface area contributed by atoms with E-state index in [1.54, 1.807) is 55.6 Å². The molecule has 7 heteroatoms. The van der Waals surface area contributed by atoms with Crippen LogP contribution in [0.2, 0.25) is 5.02 Å². The zero-order chi connectivity index (χ0) is 18.1. The second-order valence-electron chi connectivity index (χ2n) is 5.15. The zero-order valence-corrected chi connectivity index (χ0v) is 14.4. The van der Waals surface area contributed by atoms with E-state index in [9.17, 15) is 9.59 Å². The molecule has 0 fully saturated rings. The summed E-state index contributed by atoms with van der Waals surface area (Å²) in [6, 6.07) is 14.2. The standard InChI is InChI=1S/C18H18ClN3O3/c1-25-16-8-4-13(5-9-16)10-17(23)20-12-18(24)22-21-11-14-2-6-15(19)7-3-14/h2-9,11H,10,12H2,1H3,(H,20,23)(H,22,24)/b21-11+. The zero-order valence-electron chi connectivity index (χ0n) is 13.7. The van der Waals surface area contributed by atoms with Crippen molar-refractivity contribution < 1.29 is 14.3 Å². The minimum absolute atomic E-state index is 0.146. The minimum Gasteiger partial charge on any atom is -0.497 e. The number of hydrogen-bond donors (Lipinski definition) is 2. The van der Waals surface area contributed by atoms with Gasteiger partial charge in [-0.2, -0.15) is 5.10 Å². The normalized spacial score (nSPS) is 10.5. The van der Waals surface area contributed by atoms with Crippen molar-refractivity contribution in [2.75, 3.05) is 13.7 Å². The maximum Gasteiger partial charge on any atom is 0.259 e. The molecule has 130 valence electrons. The van der Waals surface area contributed by atoms with Gasteiger partial charge in [0.15, 0.2) is 0 Å². The lowest BCUT2D eigenvalue weighted by Gasteiger charge is -2.05. The van der Waals surface area contributed by atoms with Crippen molar-refractivity contribution in [2.24, 2.45) is 5.10 Å². The van der Waals surface area contributed by atoms with Crippen molar-refractivity contribution in [1.29, 1.82) is 0 Å². The molecule has 2 N–H and O–H groups in total. The third-order valence-electron chi connectivity index (χ3n) is 3.24. The van der Waals surface area contributed by atoms with Crippen LogP contribution < -0.4 is 15.5 Å². The molecule has 0 radical (unpaired) electrons. The number of amides is 2. The number of hydrazone groups is 1. The van der Waals surface area contributed by atoms with Crippen LogP contribution in [0.4, 0.5) is 0 Å². The third kappa shape index (κ3) is 6.64. The van der Waals surface area contributed by atoms with E-state index in [0.29, 0.717) is 5.02 Å². The molecule has 6 nitrogen and oxygen atoms in total. The van der Waals surface area contributed by atoms with Crippen molar-refractivity contribution in [2.45, 2.75) is 6.42 Å². The molecule has 0 spiro atoms. The fourth-order valence-corrected chi connectivity index (χ4v) is 2.06. The second kappa shape index (κ2) is 9.44. The highest BCUT2D eigenvalue weighted by atomic mass is 35.5. The Labute approximate surface area is 150 Å². The van der Waals surface area contributed by atoms with Crippen LogP contribution in [-0.4, -0.2) is 31.7 Å². The first-order valence-corrected chi connectivity index (χ1v) is 7.91. The minimum atomic E-state index is -0.409. The van der Waals surface area contributed by atoms with E-state index in [-0.39, 0.29) is 18.9 Å². The van der Waals surface area contributed by atoms with Gasteiger partial charge in [-0.15, -0.1) is 0 Å². The molecule has 0 atom stereocenters. The van der Waals surface area contributed by atoms with Crippen LogP contribution in [0.15, 0.2) is 53.6 Å². The molecule has 2 amide bonds. The molecule has 0 saturated heterocycles. The molecular formula is C18H18ClN3O3. The van der Waals surface area contributed by atoms with Crippen LogP contribution in [0.5, 0.6) is 5.75 Å². The summed E-state index contributed by atoms with van der Waals surface area (Å²) >= 11 is 5.78. The highest BCUT2D eigenvalue weighted by Gasteiger charge is 2.06. The van der Waals surface area contributed by atoms with Crippen LogP contribution in [0.25, 0.3) is 0 Å². The first-order valence-electron chi connectivity index (χ1n) is 7.54. The number of carbonyl (C=O) groups is 2. The molecule has 0 aromatic heterocycles. The number of methoxy groups -OCH3 is 1. The Balaban J connectivity index is 1.71. The Morgan fingerprint density at radius 3 is 2.40 bits per heavy atom. The Hall–Kier alpha value is -2.86. The first-order chi connectivity index (χ1) is 12.1. The summed E-state index contributed by atoms with van der Waals surface area (Å²) in [5, 5.41) is 6.99. The molecule has 0 aliphatic rings. The summed E-state index contributed by atoms with van der Waals surface area (Å²) < 4.78 is 5.05. The number of benzene rings is 2. The van der Waals surface area contributed by atoms with Crippen LogP contribution in [0, 0.1) is 0 Å². The number of nitrogens with zero attached hydrogens (tertiary/aromatic N) is 1. The molecule has 0 aliphatic carbocycles. The summed E-state index contributed by atoms with van der Waals surface area (Å²) in [5.74, 6) is 0.0670. The molecule has 2 aromatic carbocycles. The number of rotatable bonds is 7. The van der Waals surface area contributed by atoms with Gasteiger partial charge in [-0.05, 0) is 35.4 Å². The third-order valence-corrected chi connectivity index (χ3v) is 3.49. The predicted octanol–water partition coefficient (Wildman–Crippen LogP) is 2.16. The molecule has 2 rings (SSSR count). The van der Waals surface area contributed by atoms with E-state index in [1.807, 2.05) is 0 Å². The van der Waals surface area contributed by atoms with Gasteiger partial charge in [0.05, 0.1) is 26.3 Å². The van der Waals surface area contributed by atoms with E-state index < -0.39 is 5.91 Å². The van der Waals surface area contributed by atoms with Gasteiger partial charge in [-0.1, -0.05) is 35.9 Å². The number of ether oxygens (including phenoxy) is 1. The van der Waals surface area contributed by atoms with Gasteiger partial charge in [-0.25, -0.2) is 5.43 Å². The SMILES string of the molecule is COc1ccc(CC(=O)NCC(=O)N/N=C/c2ccc(Cl)cc2)cc1. The molecule has 25 heavy (non-hydrogen) atoms. The molecule has 0 aliphatic heterocycles. The van der Waals surface area contributed by atoms with Gasteiger partial charge >= 0.3 is 0 Å². The fraction of sp³-hybridized carbons (Fsp3) is 0.167. The van der Waals surface area contributed by atoms with Crippen LogP contribution in [0.1, 0.15) is 11.1 Å². The molecule has 2 aromatic rings. The Kier molecular flexibility index (Phi) is 6.98. The van der Waals surface area contributed by atoms with Gasteiger partial charge in [-0.3, -0.25) is 9.59 Å². The Bertz CT molecular complexity index is 743. The average molecular weight is 360 g/mol. The van der Waals surface area contributed by atoms with Gasteiger partial charge in [0, 0.05) is 5.02 Å². The summed E-state index contributed by atoms with van der Waals surface area (Å²) in [4.78, 5) is 23.5. The van der Waals surface area contributed by atoms with Crippen LogP contribution in [0.3, 0.4) is 0 Å². The smallest absolute Gasteiger partial charge is 0.259 e. The van der Waals surface area contributed by atoms with Gasteiger partial charge in [0.1, 0.15) is 5.75 Å². The second-order valence-corrected chi connectivity index (χ2v) is 5.58. The number of nitrogens with one attached hydrogen (secondary N) is 2. The summed E-state index contributed by atoms with van der Waals surface area (Å²) in [6.07, 6.45) is 1.68. The molecular weight excluding hydrogens is 342 g/mol. The molecule has 0 bridgehead atoms. The van der Waals surface area contributed by atoms with Crippen LogP contribution >= 0.6 is 11.6 Å². The lowest BCUT2D eigenvalue weighted by atomic mass is 10.1. The maximum atomic E-state index is 11.8.